The highest BCUT2D eigenvalue weighted by Crippen LogP contribution is 2.19. The van der Waals surface area contributed by atoms with Gasteiger partial charge in [-0.2, -0.15) is 0 Å². The van der Waals surface area contributed by atoms with Crippen LogP contribution in [0.3, 0.4) is 0 Å². The van der Waals surface area contributed by atoms with Crippen LogP contribution in [0.25, 0.3) is 0 Å². The van der Waals surface area contributed by atoms with Crippen LogP contribution < -0.4 is 10.6 Å². The van der Waals surface area contributed by atoms with Gasteiger partial charge < -0.3 is 15.4 Å². The molecule has 1 amide bonds. The van der Waals surface area contributed by atoms with Gasteiger partial charge in [0.25, 0.3) is 5.91 Å². The van der Waals surface area contributed by atoms with E-state index < -0.39 is 11.9 Å². The molecular formula is C22H22N4O3. The van der Waals surface area contributed by atoms with E-state index >= 15 is 0 Å². The highest BCUT2D eigenvalue weighted by Gasteiger charge is 2.15. The van der Waals surface area contributed by atoms with Crippen molar-refractivity contribution >= 4 is 29.1 Å². The maximum absolute atomic E-state index is 12.5. The van der Waals surface area contributed by atoms with Crippen molar-refractivity contribution in [2.45, 2.75) is 20.8 Å². The topological polar surface area (TPSA) is 93.2 Å². The average Bonchev–Trinajstić information content (AvgIpc) is 2.68. The lowest BCUT2D eigenvalue weighted by Gasteiger charge is -2.10. The molecule has 3 rings (SSSR count). The SMILES string of the molecule is CCOC(=O)c1ccccc1NC(=O)c1cnc(Nc2cc(C)cc(C)c2)cn1. The van der Waals surface area contributed by atoms with Crippen LogP contribution in [-0.2, 0) is 4.74 Å². The fraction of sp³-hybridized carbons (Fsp3) is 0.182. The van der Waals surface area contributed by atoms with Crippen LogP contribution in [0, 0.1) is 13.8 Å². The molecule has 0 aliphatic carbocycles. The van der Waals surface area contributed by atoms with Crippen molar-refractivity contribution in [3.63, 3.8) is 0 Å². The number of aryl methyl sites for hydroxylation is 2. The monoisotopic (exact) mass is 390 g/mol. The Morgan fingerprint density at radius 1 is 1.00 bits per heavy atom. The first-order valence-electron chi connectivity index (χ1n) is 9.21. The smallest absolute Gasteiger partial charge is 0.340 e. The second-order valence-electron chi connectivity index (χ2n) is 6.51. The van der Waals surface area contributed by atoms with Crippen LogP contribution in [-0.4, -0.2) is 28.5 Å². The summed E-state index contributed by atoms with van der Waals surface area (Å²) in [5.74, 6) is -0.437. The number of carbonyl (C=O) groups is 2. The van der Waals surface area contributed by atoms with Crippen molar-refractivity contribution in [2.75, 3.05) is 17.2 Å². The van der Waals surface area contributed by atoms with Crippen LogP contribution >= 0.6 is 0 Å². The lowest BCUT2D eigenvalue weighted by atomic mass is 10.1. The molecular weight excluding hydrogens is 368 g/mol. The lowest BCUT2D eigenvalue weighted by molar-refractivity contribution is 0.0527. The molecule has 1 heterocycles. The molecule has 0 atom stereocenters. The normalized spacial score (nSPS) is 10.3. The number of para-hydroxylation sites is 1. The second kappa shape index (κ2) is 8.97. The number of esters is 1. The molecule has 7 nitrogen and oxygen atoms in total. The molecule has 29 heavy (non-hydrogen) atoms. The largest absolute Gasteiger partial charge is 0.462 e. The highest BCUT2D eigenvalue weighted by atomic mass is 16.5. The molecule has 2 N–H and O–H groups in total. The van der Waals surface area contributed by atoms with Gasteiger partial charge in [-0.25, -0.2) is 14.8 Å². The zero-order valence-electron chi connectivity index (χ0n) is 16.5. The Morgan fingerprint density at radius 3 is 2.38 bits per heavy atom. The number of anilines is 3. The minimum atomic E-state index is -0.498. The number of nitrogens with one attached hydrogen (secondary N) is 2. The summed E-state index contributed by atoms with van der Waals surface area (Å²) in [5, 5.41) is 5.86. The number of ether oxygens (including phenoxy) is 1. The fourth-order valence-electron chi connectivity index (χ4n) is 2.87. The maximum atomic E-state index is 12.5. The van der Waals surface area contributed by atoms with Crippen molar-refractivity contribution in [2.24, 2.45) is 0 Å². The van der Waals surface area contributed by atoms with Gasteiger partial charge in [0, 0.05) is 5.69 Å². The summed E-state index contributed by atoms with van der Waals surface area (Å²) in [4.78, 5) is 33.0. The van der Waals surface area contributed by atoms with E-state index in [-0.39, 0.29) is 17.9 Å². The van der Waals surface area contributed by atoms with Gasteiger partial charge in [0.15, 0.2) is 0 Å². The molecule has 0 spiro atoms. The zero-order valence-corrected chi connectivity index (χ0v) is 16.5. The number of nitrogens with zero attached hydrogens (tertiary/aromatic N) is 2. The molecule has 0 saturated heterocycles. The molecule has 2 aromatic carbocycles. The van der Waals surface area contributed by atoms with E-state index in [4.69, 9.17) is 4.74 Å². The molecule has 0 unspecified atom stereocenters. The molecule has 0 bridgehead atoms. The summed E-state index contributed by atoms with van der Waals surface area (Å²) in [7, 11) is 0. The van der Waals surface area contributed by atoms with E-state index in [1.165, 1.54) is 12.4 Å². The van der Waals surface area contributed by atoms with Crippen molar-refractivity contribution < 1.29 is 14.3 Å². The van der Waals surface area contributed by atoms with Crippen molar-refractivity contribution in [1.29, 1.82) is 0 Å². The predicted octanol–water partition coefficient (Wildman–Crippen LogP) is 4.27. The van der Waals surface area contributed by atoms with Crippen LogP contribution in [0.2, 0.25) is 0 Å². The van der Waals surface area contributed by atoms with Crippen LogP contribution in [0.4, 0.5) is 17.2 Å². The molecule has 3 aromatic rings. The third-order valence-corrected chi connectivity index (χ3v) is 4.05. The van der Waals surface area contributed by atoms with E-state index in [9.17, 15) is 9.59 Å². The van der Waals surface area contributed by atoms with Gasteiger partial charge in [-0.1, -0.05) is 18.2 Å². The minimum absolute atomic E-state index is 0.134. The first-order valence-corrected chi connectivity index (χ1v) is 9.21. The van der Waals surface area contributed by atoms with E-state index in [0.29, 0.717) is 11.5 Å². The first-order chi connectivity index (χ1) is 14.0. The van der Waals surface area contributed by atoms with Gasteiger partial charge in [-0.05, 0) is 56.2 Å². The van der Waals surface area contributed by atoms with Gasteiger partial charge in [-0.3, -0.25) is 4.79 Å². The van der Waals surface area contributed by atoms with Crippen molar-refractivity contribution in [3.8, 4) is 0 Å². The number of hydrogen-bond donors (Lipinski definition) is 2. The number of hydrogen-bond acceptors (Lipinski definition) is 6. The second-order valence-corrected chi connectivity index (χ2v) is 6.51. The molecule has 7 heteroatoms. The average molecular weight is 390 g/mol. The summed E-state index contributed by atoms with van der Waals surface area (Å²) < 4.78 is 5.02. The van der Waals surface area contributed by atoms with Gasteiger partial charge in [0.05, 0.1) is 30.3 Å². The standard InChI is InChI=1S/C22H22N4O3/c1-4-29-22(28)17-7-5-6-8-18(17)26-21(27)19-12-24-20(13-23-19)25-16-10-14(2)9-15(3)11-16/h5-13H,4H2,1-3H3,(H,24,25)(H,26,27). The highest BCUT2D eigenvalue weighted by molar-refractivity contribution is 6.07. The Hall–Kier alpha value is -3.74. The van der Waals surface area contributed by atoms with E-state index in [1.54, 1.807) is 31.2 Å². The third kappa shape index (κ3) is 5.16. The molecule has 0 fully saturated rings. The summed E-state index contributed by atoms with van der Waals surface area (Å²) in [6.07, 6.45) is 2.87. The van der Waals surface area contributed by atoms with Crippen LogP contribution in [0.15, 0.2) is 54.9 Å². The van der Waals surface area contributed by atoms with Crippen LogP contribution in [0.1, 0.15) is 38.9 Å². The predicted molar refractivity (Wildman–Crippen MR) is 112 cm³/mol. The quantitative estimate of drug-likeness (QED) is 0.611. The van der Waals surface area contributed by atoms with E-state index in [2.05, 4.69) is 26.7 Å². The Bertz CT molecular complexity index is 1010. The van der Waals surface area contributed by atoms with E-state index in [1.807, 2.05) is 26.0 Å². The van der Waals surface area contributed by atoms with E-state index in [0.717, 1.165) is 16.8 Å². The Balaban J connectivity index is 1.72. The maximum Gasteiger partial charge on any atom is 0.340 e. The fourth-order valence-corrected chi connectivity index (χ4v) is 2.87. The molecule has 1 aromatic heterocycles. The van der Waals surface area contributed by atoms with Crippen molar-refractivity contribution in [1.82, 2.24) is 9.97 Å². The molecule has 0 aliphatic rings. The number of rotatable bonds is 6. The summed E-state index contributed by atoms with van der Waals surface area (Å²) in [6.45, 7) is 6.01. The van der Waals surface area contributed by atoms with Crippen LogP contribution in [0.5, 0.6) is 0 Å². The molecule has 0 aliphatic heterocycles. The zero-order chi connectivity index (χ0) is 20.8. The van der Waals surface area contributed by atoms with Gasteiger partial charge in [0.1, 0.15) is 11.5 Å². The first kappa shape index (κ1) is 20.0. The Labute approximate surface area is 169 Å². The summed E-state index contributed by atoms with van der Waals surface area (Å²) in [5.41, 5.74) is 3.94. The van der Waals surface area contributed by atoms with Gasteiger partial charge >= 0.3 is 5.97 Å². The number of carbonyl (C=O) groups excluding carboxylic acids is 2. The van der Waals surface area contributed by atoms with Crippen molar-refractivity contribution in [3.05, 3.63) is 77.2 Å². The number of aromatic nitrogens is 2. The molecule has 0 radical (unpaired) electrons. The summed E-state index contributed by atoms with van der Waals surface area (Å²) in [6, 6.07) is 12.7. The Kier molecular flexibility index (Phi) is 6.19. The third-order valence-electron chi connectivity index (χ3n) is 4.05. The molecule has 0 saturated carbocycles. The molecule has 148 valence electrons. The number of benzene rings is 2. The summed E-state index contributed by atoms with van der Waals surface area (Å²) >= 11 is 0. The minimum Gasteiger partial charge on any atom is -0.462 e. The number of amides is 1. The van der Waals surface area contributed by atoms with Gasteiger partial charge in [0.2, 0.25) is 0 Å². The van der Waals surface area contributed by atoms with Gasteiger partial charge in [-0.15, -0.1) is 0 Å². The lowest BCUT2D eigenvalue weighted by Crippen LogP contribution is -2.17. The Morgan fingerprint density at radius 2 is 1.72 bits per heavy atom.